The Morgan fingerprint density at radius 3 is 2.61 bits per heavy atom. The molecule has 1 fully saturated rings. The van der Waals surface area contributed by atoms with Gasteiger partial charge in [-0.2, -0.15) is 0 Å². The van der Waals surface area contributed by atoms with Crippen LogP contribution < -0.4 is 10.5 Å². The number of hydrogen-bond acceptors (Lipinski definition) is 2. The minimum absolute atomic E-state index is 0. The maximum atomic E-state index is 13.2. The molecule has 0 aromatic heterocycles. The summed E-state index contributed by atoms with van der Waals surface area (Å²) in [5.41, 5.74) is 6.26. The molecule has 0 bridgehead atoms. The number of nitrogens with two attached hydrogens (primary N) is 1. The van der Waals surface area contributed by atoms with Gasteiger partial charge < -0.3 is 10.5 Å². The molecule has 2 nitrogen and oxygen atoms in total. The fourth-order valence-corrected chi connectivity index (χ4v) is 2.00. The fraction of sp³-hybridized carbons (Fsp3) is 0.385. The summed E-state index contributed by atoms with van der Waals surface area (Å²) in [6.45, 7) is 4.36. The second-order valence-corrected chi connectivity index (χ2v) is 4.24. The number of benzene rings is 1. The van der Waals surface area contributed by atoms with Gasteiger partial charge in [0.1, 0.15) is 12.4 Å². The van der Waals surface area contributed by atoms with Crippen molar-refractivity contribution in [1.82, 2.24) is 0 Å². The SMILES string of the molecule is C=CCOc1cc(F)c(F)cc1C1CC1CN.Cl. The highest BCUT2D eigenvalue weighted by atomic mass is 35.5. The first-order valence-corrected chi connectivity index (χ1v) is 5.60. The van der Waals surface area contributed by atoms with Crippen LogP contribution in [-0.4, -0.2) is 13.2 Å². The molecule has 100 valence electrons. The van der Waals surface area contributed by atoms with E-state index in [0.29, 0.717) is 23.8 Å². The molecule has 1 aliphatic rings. The third kappa shape index (κ3) is 3.00. The third-order valence-corrected chi connectivity index (χ3v) is 3.03. The average Bonchev–Trinajstić information content (AvgIpc) is 3.09. The van der Waals surface area contributed by atoms with Crippen molar-refractivity contribution < 1.29 is 13.5 Å². The predicted molar refractivity (Wildman–Crippen MR) is 69.2 cm³/mol. The van der Waals surface area contributed by atoms with Gasteiger partial charge in [0.05, 0.1) is 0 Å². The molecular formula is C13H16ClF2NO. The third-order valence-electron chi connectivity index (χ3n) is 3.03. The minimum Gasteiger partial charge on any atom is -0.489 e. The monoisotopic (exact) mass is 275 g/mol. The second kappa shape index (κ2) is 6.16. The molecule has 1 aliphatic carbocycles. The van der Waals surface area contributed by atoms with Gasteiger partial charge in [0, 0.05) is 11.6 Å². The van der Waals surface area contributed by atoms with Crippen LogP contribution in [0.3, 0.4) is 0 Å². The Morgan fingerprint density at radius 2 is 2.06 bits per heavy atom. The van der Waals surface area contributed by atoms with Gasteiger partial charge in [0.2, 0.25) is 0 Å². The number of halogens is 3. The Hall–Kier alpha value is -1.13. The molecule has 1 aromatic carbocycles. The summed E-state index contributed by atoms with van der Waals surface area (Å²) in [5, 5.41) is 0. The first-order valence-electron chi connectivity index (χ1n) is 5.60. The highest BCUT2D eigenvalue weighted by Gasteiger charge is 2.39. The van der Waals surface area contributed by atoms with E-state index in [1.165, 1.54) is 6.07 Å². The first-order chi connectivity index (χ1) is 8.17. The van der Waals surface area contributed by atoms with Crippen molar-refractivity contribution >= 4 is 12.4 Å². The van der Waals surface area contributed by atoms with Crippen LogP contribution in [0.1, 0.15) is 17.9 Å². The molecule has 2 atom stereocenters. The van der Waals surface area contributed by atoms with Gasteiger partial charge in [-0.25, -0.2) is 8.78 Å². The summed E-state index contributed by atoms with van der Waals surface area (Å²) < 4.78 is 31.7. The minimum atomic E-state index is -0.891. The molecule has 2 N–H and O–H groups in total. The fourth-order valence-electron chi connectivity index (χ4n) is 2.00. The smallest absolute Gasteiger partial charge is 0.162 e. The van der Waals surface area contributed by atoms with Crippen molar-refractivity contribution in [2.45, 2.75) is 12.3 Å². The summed E-state index contributed by atoms with van der Waals surface area (Å²) in [5.74, 6) is -0.794. The van der Waals surface area contributed by atoms with Gasteiger partial charge in [0.15, 0.2) is 11.6 Å². The Balaban J connectivity index is 0.00000162. The number of ether oxygens (including phenoxy) is 1. The van der Waals surface area contributed by atoms with E-state index in [2.05, 4.69) is 6.58 Å². The lowest BCUT2D eigenvalue weighted by Crippen LogP contribution is -2.04. The van der Waals surface area contributed by atoms with Crippen LogP contribution >= 0.6 is 12.4 Å². The van der Waals surface area contributed by atoms with Gasteiger partial charge in [-0.1, -0.05) is 12.7 Å². The van der Waals surface area contributed by atoms with Crippen LogP contribution in [0.5, 0.6) is 5.75 Å². The molecule has 0 aliphatic heterocycles. The highest BCUT2D eigenvalue weighted by Crippen LogP contribution is 2.50. The van der Waals surface area contributed by atoms with Crippen molar-refractivity contribution in [2.75, 3.05) is 13.2 Å². The van der Waals surface area contributed by atoms with E-state index in [1.807, 2.05) is 0 Å². The van der Waals surface area contributed by atoms with Gasteiger partial charge in [-0.15, -0.1) is 12.4 Å². The van der Waals surface area contributed by atoms with E-state index in [-0.39, 0.29) is 24.9 Å². The molecule has 0 spiro atoms. The maximum absolute atomic E-state index is 13.2. The van der Waals surface area contributed by atoms with Crippen LogP contribution in [0.25, 0.3) is 0 Å². The molecule has 2 unspecified atom stereocenters. The zero-order valence-corrected chi connectivity index (χ0v) is 10.7. The van der Waals surface area contributed by atoms with E-state index in [0.717, 1.165) is 12.5 Å². The molecule has 5 heteroatoms. The van der Waals surface area contributed by atoms with Crippen molar-refractivity contribution in [3.05, 3.63) is 42.0 Å². The average molecular weight is 276 g/mol. The summed E-state index contributed by atoms with van der Waals surface area (Å²) in [6, 6.07) is 2.31. The molecule has 2 rings (SSSR count). The molecule has 0 heterocycles. The van der Waals surface area contributed by atoms with E-state index >= 15 is 0 Å². The molecule has 0 saturated heterocycles. The zero-order valence-electron chi connectivity index (χ0n) is 9.86. The van der Waals surface area contributed by atoms with Gasteiger partial charge >= 0.3 is 0 Å². The van der Waals surface area contributed by atoms with Crippen LogP contribution in [0.2, 0.25) is 0 Å². The zero-order chi connectivity index (χ0) is 12.4. The Bertz CT molecular complexity index is 439. The first kappa shape index (κ1) is 14.9. The summed E-state index contributed by atoms with van der Waals surface area (Å²) >= 11 is 0. The van der Waals surface area contributed by atoms with E-state index in [1.54, 1.807) is 6.08 Å². The maximum Gasteiger partial charge on any atom is 0.162 e. The van der Waals surface area contributed by atoms with Crippen molar-refractivity contribution in [2.24, 2.45) is 11.7 Å². The Labute approximate surface area is 111 Å². The molecule has 0 radical (unpaired) electrons. The molecule has 1 saturated carbocycles. The standard InChI is InChI=1S/C13H15F2NO.ClH/c1-2-3-17-13-6-12(15)11(14)5-10(13)9-4-8(9)7-16;/h2,5-6,8-9H,1,3-4,7,16H2;1H. The largest absolute Gasteiger partial charge is 0.489 e. The highest BCUT2D eigenvalue weighted by molar-refractivity contribution is 5.85. The molecule has 1 aromatic rings. The van der Waals surface area contributed by atoms with Crippen LogP contribution in [0, 0.1) is 17.6 Å². The van der Waals surface area contributed by atoms with Crippen LogP contribution in [0.4, 0.5) is 8.78 Å². The lowest BCUT2D eigenvalue weighted by Gasteiger charge is -2.10. The van der Waals surface area contributed by atoms with Crippen molar-refractivity contribution in [1.29, 1.82) is 0 Å². The summed E-state index contributed by atoms with van der Waals surface area (Å²) in [6.07, 6.45) is 2.48. The summed E-state index contributed by atoms with van der Waals surface area (Å²) in [7, 11) is 0. The number of hydrogen-bond donors (Lipinski definition) is 1. The van der Waals surface area contributed by atoms with Gasteiger partial charge in [-0.3, -0.25) is 0 Å². The van der Waals surface area contributed by atoms with E-state index < -0.39 is 11.6 Å². The normalized spacial score (nSPS) is 21.1. The lowest BCUT2D eigenvalue weighted by molar-refractivity contribution is 0.353. The van der Waals surface area contributed by atoms with Crippen LogP contribution in [0.15, 0.2) is 24.8 Å². The van der Waals surface area contributed by atoms with E-state index in [4.69, 9.17) is 10.5 Å². The topological polar surface area (TPSA) is 35.2 Å². The van der Waals surface area contributed by atoms with Gasteiger partial charge in [-0.05, 0) is 30.9 Å². The predicted octanol–water partition coefficient (Wildman–Crippen LogP) is 3.01. The number of rotatable bonds is 5. The van der Waals surface area contributed by atoms with Crippen molar-refractivity contribution in [3.63, 3.8) is 0 Å². The second-order valence-electron chi connectivity index (χ2n) is 4.24. The van der Waals surface area contributed by atoms with E-state index in [9.17, 15) is 8.78 Å². The summed E-state index contributed by atoms with van der Waals surface area (Å²) in [4.78, 5) is 0. The Morgan fingerprint density at radius 1 is 1.39 bits per heavy atom. The Kier molecular flexibility index (Phi) is 5.11. The molecular weight excluding hydrogens is 260 g/mol. The molecule has 0 amide bonds. The van der Waals surface area contributed by atoms with Crippen molar-refractivity contribution in [3.8, 4) is 5.75 Å². The lowest BCUT2D eigenvalue weighted by atomic mass is 10.1. The van der Waals surface area contributed by atoms with Crippen LogP contribution in [-0.2, 0) is 0 Å². The molecule has 18 heavy (non-hydrogen) atoms. The van der Waals surface area contributed by atoms with Gasteiger partial charge in [0.25, 0.3) is 0 Å². The quantitative estimate of drug-likeness (QED) is 0.839.